The number of aliphatic imine (C=N–C) groups is 1. The van der Waals surface area contributed by atoms with Crippen molar-refractivity contribution in [2.75, 3.05) is 5.32 Å². The SMILES string of the molecule is CC(=Nc1c(C(C)C)cccc1C(C)C)c1cccc(C(C)(Cc2ccccc2)Nc2c(C(C)C)cccc2C(C)C)n1. The summed E-state index contributed by atoms with van der Waals surface area (Å²) >= 11 is 0. The van der Waals surface area contributed by atoms with Gasteiger partial charge in [-0.05, 0) is 77.5 Å². The first-order valence-corrected chi connectivity index (χ1v) is 16.0. The summed E-state index contributed by atoms with van der Waals surface area (Å²) in [7, 11) is 0. The molecule has 43 heavy (non-hydrogen) atoms. The van der Waals surface area contributed by atoms with Crippen molar-refractivity contribution in [1.29, 1.82) is 0 Å². The van der Waals surface area contributed by atoms with Gasteiger partial charge in [0.15, 0.2) is 0 Å². The number of benzene rings is 3. The van der Waals surface area contributed by atoms with Gasteiger partial charge in [-0.25, -0.2) is 4.98 Å². The van der Waals surface area contributed by atoms with Crippen LogP contribution in [-0.4, -0.2) is 10.7 Å². The van der Waals surface area contributed by atoms with Gasteiger partial charge in [0.25, 0.3) is 0 Å². The molecule has 4 aromatic rings. The largest absolute Gasteiger partial charge is 0.373 e. The molecule has 0 bridgehead atoms. The van der Waals surface area contributed by atoms with E-state index in [0.717, 1.165) is 29.2 Å². The van der Waals surface area contributed by atoms with E-state index in [1.54, 1.807) is 0 Å². The molecule has 1 unspecified atom stereocenters. The molecule has 1 aromatic heterocycles. The van der Waals surface area contributed by atoms with Crippen LogP contribution in [-0.2, 0) is 12.0 Å². The van der Waals surface area contributed by atoms with Crippen LogP contribution in [0.1, 0.15) is 132 Å². The van der Waals surface area contributed by atoms with Crippen molar-refractivity contribution >= 4 is 17.1 Å². The van der Waals surface area contributed by atoms with E-state index in [1.807, 2.05) is 0 Å². The molecule has 4 rings (SSSR count). The molecular weight excluding hydrogens is 522 g/mol. The standard InChI is InChI=1S/C40H51N3/c1-26(2)32-19-14-20-33(27(3)4)38(32)41-30(9)36-23-16-24-37(42-36)40(10,25-31-17-12-11-13-18-31)43-39-34(28(5)6)21-15-22-35(39)29(7)8/h11-24,26-29,43H,25H2,1-10H3. The maximum Gasteiger partial charge on any atom is 0.0846 e. The van der Waals surface area contributed by atoms with Crippen LogP contribution in [0.15, 0.2) is 89.9 Å². The monoisotopic (exact) mass is 573 g/mol. The van der Waals surface area contributed by atoms with Crippen molar-refractivity contribution in [3.63, 3.8) is 0 Å². The molecule has 3 nitrogen and oxygen atoms in total. The zero-order chi connectivity index (χ0) is 31.3. The summed E-state index contributed by atoms with van der Waals surface area (Å²) in [6.45, 7) is 22.5. The van der Waals surface area contributed by atoms with Gasteiger partial charge >= 0.3 is 0 Å². The Morgan fingerprint density at radius 2 is 1.14 bits per heavy atom. The quantitative estimate of drug-likeness (QED) is 0.181. The zero-order valence-corrected chi connectivity index (χ0v) is 28.0. The van der Waals surface area contributed by atoms with Gasteiger partial charge in [-0.15, -0.1) is 0 Å². The van der Waals surface area contributed by atoms with Gasteiger partial charge in [-0.3, -0.25) is 4.99 Å². The van der Waals surface area contributed by atoms with Crippen LogP contribution in [0.3, 0.4) is 0 Å². The Morgan fingerprint density at radius 1 is 0.651 bits per heavy atom. The lowest BCUT2D eigenvalue weighted by Gasteiger charge is -2.35. The van der Waals surface area contributed by atoms with Crippen LogP contribution in [0.4, 0.5) is 11.4 Å². The van der Waals surface area contributed by atoms with Crippen LogP contribution < -0.4 is 5.32 Å². The van der Waals surface area contributed by atoms with Gasteiger partial charge in [0.2, 0.25) is 0 Å². The second-order valence-electron chi connectivity index (χ2n) is 13.4. The van der Waals surface area contributed by atoms with Gasteiger partial charge in [0.1, 0.15) is 0 Å². The summed E-state index contributed by atoms with van der Waals surface area (Å²) < 4.78 is 0. The van der Waals surface area contributed by atoms with Crippen molar-refractivity contribution in [2.45, 2.75) is 105 Å². The molecule has 1 heterocycles. The predicted octanol–water partition coefficient (Wildman–Crippen LogP) is 11.3. The van der Waals surface area contributed by atoms with Gasteiger partial charge in [0.05, 0.1) is 28.3 Å². The Kier molecular flexibility index (Phi) is 10.3. The Labute approximate surface area is 260 Å². The third-order valence-electron chi connectivity index (χ3n) is 8.48. The second-order valence-corrected chi connectivity index (χ2v) is 13.4. The number of nitrogens with zero attached hydrogens (tertiary/aromatic N) is 2. The highest BCUT2D eigenvalue weighted by molar-refractivity contribution is 5.99. The Hall–Kier alpha value is -3.72. The Balaban J connectivity index is 1.86. The number of anilines is 1. The van der Waals surface area contributed by atoms with E-state index in [1.165, 1.54) is 33.5 Å². The lowest BCUT2D eigenvalue weighted by atomic mass is 9.85. The maximum absolute atomic E-state index is 5.34. The van der Waals surface area contributed by atoms with Crippen molar-refractivity contribution in [3.8, 4) is 0 Å². The van der Waals surface area contributed by atoms with Crippen molar-refractivity contribution in [2.24, 2.45) is 4.99 Å². The van der Waals surface area contributed by atoms with E-state index in [4.69, 9.17) is 9.98 Å². The fraction of sp³-hybridized carbons (Fsp3) is 0.400. The first-order valence-electron chi connectivity index (χ1n) is 16.0. The first-order chi connectivity index (χ1) is 20.4. The molecule has 0 saturated heterocycles. The van der Waals surface area contributed by atoms with E-state index >= 15 is 0 Å². The molecule has 0 aliphatic rings. The summed E-state index contributed by atoms with van der Waals surface area (Å²) in [5, 5.41) is 4.08. The molecular formula is C40H51N3. The molecule has 226 valence electrons. The van der Waals surface area contributed by atoms with Crippen LogP contribution in [0.2, 0.25) is 0 Å². The van der Waals surface area contributed by atoms with Gasteiger partial charge < -0.3 is 5.32 Å². The normalized spacial score (nSPS) is 13.7. The van der Waals surface area contributed by atoms with Gasteiger partial charge in [-0.1, -0.05) is 128 Å². The summed E-state index contributed by atoms with van der Waals surface area (Å²) in [6.07, 6.45) is 0.804. The molecule has 0 spiro atoms. The lowest BCUT2D eigenvalue weighted by molar-refractivity contribution is 0.519. The van der Waals surface area contributed by atoms with Gasteiger partial charge in [-0.2, -0.15) is 0 Å². The number of rotatable bonds is 11. The van der Waals surface area contributed by atoms with E-state index in [-0.39, 0.29) is 0 Å². The minimum atomic E-state index is -0.453. The Morgan fingerprint density at radius 3 is 1.65 bits per heavy atom. The molecule has 0 radical (unpaired) electrons. The molecule has 1 atom stereocenters. The predicted molar refractivity (Wildman–Crippen MR) is 186 cm³/mol. The van der Waals surface area contributed by atoms with Crippen molar-refractivity contribution < 1.29 is 0 Å². The minimum absolute atomic E-state index is 0.388. The molecule has 1 N–H and O–H groups in total. The summed E-state index contributed by atoms with van der Waals surface area (Å²) in [5.74, 6) is 1.57. The molecule has 0 aliphatic heterocycles. The fourth-order valence-corrected chi connectivity index (χ4v) is 5.98. The smallest absolute Gasteiger partial charge is 0.0846 e. The highest BCUT2D eigenvalue weighted by atomic mass is 15.0. The van der Waals surface area contributed by atoms with Crippen molar-refractivity contribution in [3.05, 3.63) is 124 Å². The van der Waals surface area contributed by atoms with Crippen LogP contribution in [0, 0.1) is 0 Å². The first kappa shape index (κ1) is 32.2. The van der Waals surface area contributed by atoms with Crippen LogP contribution in [0.5, 0.6) is 0 Å². The van der Waals surface area contributed by atoms with E-state index < -0.39 is 5.54 Å². The number of nitrogens with one attached hydrogen (secondary N) is 1. The van der Waals surface area contributed by atoms with E-state index in [0.29, 0.717) is 23.7 Å². The topological polar surface area (TPSA) is 37.3 Å². The molecule has 3 aromatic carbocycles. The summed E-state index contributed by atoms with van der Waals surface area (Å²) in [5.41, 5.74) is 11.2. The second kappa shape index (κ2) is 13.7. The Bertz CT molecular complexity index is 1490. The molecule has 0 aliphatic carbocycles. The third-order valence-corrected chi connectivity index (χ3v) is 8.48. The van der Waals surface area contributed by atoms with E-state index in [2.05, 4.69) is 159 Å². The average molecular weight is 574 g/mol. The molecule has 3 heteroatoms. The highest BCUT2D eigenvalue weighted by Crippen LogP contribution is 2.39. The number of hydrogen-bond acceptors (Lipinski definition) is 3. The van der Waals surface area contributed by atoms with Crippen molar-refractivity contribution in [1.82, 2.24) is 4.98 Å². The van der Waals surface area contributed by atoms with E-state index in [9.17, 15) is 0 Å². The maximum atomic E-state index is 5.34. The average Bonchev–Trinajstić information content (AvgIpc) is 2.97. The number of hydrogen-bond donors (Lipinski definition) is 1. The fourth-order valence-electron chi connectivity index (χ4n) is 5.98. The third kappa shape index (κ3) is 7.44. The number of pyridine rings is 1. The summed E-state index contributed by atoms with van der Waals surface area (Å²) in [4.78, 5) is 10.6. The molecule has 0 saturated carbocycles. The molecule has 0 fully saturated rings. The molecule has 0 amide bonds. The summed E-state index contributed by atoms with van der Waals surface area (Å²) in [6, 6.07) is 30.5. The van der Waals surface area contributed by atoms with Crippen LogP contribution in [0.25, 0.3) is 0 Å². The zero-order valence-electron chi connectivity index (χ0n) is 28.0. The number of aromatic nitrogens is 1. The highest BCUT2D eigenvalue weighted by Gasteiger charge is 2.31. The van der Waals surface area contributed by atoms with Crippen LogP contribution >= 0.6 is 0 Å². The lowest BCUT2D eigenvalue weighted by Crippen LogP contribution is -2.36. The minimum Gasteiger partial charge on any atom is -0.373 e. The number of para-hydroxylation sites is 2. The van der Waals surface area contributed by atoms with Gasteiger partial charge in [0, 0.05) is 12.1 Å².